The monoisotopic (exact) mass is 272 g/mol. The number of likely N-dealkylation sites (tertiary alicyclic amines) is 1. The molecular weight excluding hydrogens is 248 g/mol. The second-order valence-electron chi connectivity index (χ2n) is 6.07. The molecule has 1 saturated heterocycles. The van der Waals surface area contributed by atoms with Gasteiger partial charge in [0.15, 0.2) is 0 Å². The van der Waals surface area contributed by atoms with Crippen LogP contribution in [0.25, 0.3) is 0 Å². The molecule has 1 aliphatic rings. The Hall–Kier alpha value is -1.50. The van der Waals surface area contributed by atoms with Crippen LogP contribution in [0.3, 0.4) is 0 Å². The maximum Gasteiger partial charge on any atom is 0.120 e. The van der Waals surface area contributed by atoms with Crippen LogP contribution in [0.4, 0.5) is 0 Å². The third kappa shape index (κ3) is 4.56. The van der Waals surface area contributed by atoms with Gasteiger partial charge in [0.2, 0.25) is 0 Å². The number of rotatable bonds is 4. The molecule has 0 aliphatic carbocycles. The molecule has 0 atom stereocenters. The Bertz CT molecular complexity index is 499. The number of hydrogen-bond donors (Lipinski definition) is 1. The van der Waals surface area contributed by atoms with Crippen LogP contribution in [-0.4, -0.2) is 37.7 Å². The molecular formula is C17H24N2O. The summed E-state index contributed by atoms with van der Waals surface area (Å²) in [7, 11) is 0. The number of ether oxygens (including phenoxy) is 1. The molecule has 2 rings (SSSR count). The first-order chi connectivity index (χ1) is 9.59. The van der Waals surface area contributed by atoms with Crippen molar-refractivity contribution in [2.24, 2.45) is 11.1 Å². The van der Waals surface area contributed by atoms with Gasteiger partial charge in [-0.05, 0) is 36.6 Å². The van der Waals surface area contributed by atoms with Crippen molar-refractivity contribution in [3.05, 3.63) is 29.8 Å². The van der Waals surface area contributed by atoms with E-state index in [-0.39, 0.29) is 0 Å². The third-order valence-corrected chi connectivity index (χ3v) is 3.60. The zero-order valence-electron chi connectivity index (χ0n) is 12.5. The fraction of sp³-hybridized carbons (Fsp3) is 0.529. The van der Waals surface area contributed by atoms with Gasteiger partial charge in [-0.25, -0.2) is 0 Å². The summed E-state index contributed by atoms with van der Waals surface area (Å²) in [5.41, 5.74) is 6.79. The lowest BCUT2D eigenvalue weighted by molar-refractivity contribution is 0.222. The van der Waals surface area contributed by atoms with Gasteiger partial charge in [-0.3, -0.25) is 4.90 Å². The van der Waals surface area contributed by atoms with Gasteiger partial charge in [0.05, 0.1) is 6.54 Å². The fourth-order valence-electron chi connectivity index (χ4n) is 2.52. The highest BCUT2D eigenvalue weighted by Crippen LogP contribution is 2.28. The standard InChI is InChI=1S/C17H24N2O/c1-17(2)8-10-19(14-17)11-12-20-16-7-3-5-15(13-16)6-4-9-18/h3,5,7,13H,8-12,14,18H2,1-2H3. The van der Waals surface area contributed by atoms with E-state index in [1.807, 2.05) is 24.3 Å². The molecule has 0 aromatic heterocycles. The molecule has 0 radical (unpaired) electrons. The molecule has 0 unspecified atom stereocenters. The van der Waals surface area contributed by atoms with Gasteiger partial charge in [0, 0.05) is 18.7 Å². The molecule has 0 saturated carbocycles. The number of benzene rings is 1. The highest BCUT2D eigenvalue weighted by atomic mass is 16.5. The SMILES string of the molecule is CC1(C)CCN(CCOc2cccc(C#CCN)c2)C1. The van der Waals surface area contributed by atoms with Crippen LogP contribution in [0.1, 0.15) is 25.8 Å². The number of hydrogen-bond acceptors (Lipinski definition) is 3. The van der Waals surface area contributed by atoms with Gasteiger partial charge in [0.25, 0.3) is 0 Å². The summed E-state index contributed by atoms with van der Waals surface area (Å²) in [4.78, 5) is 2.47. The van der Waals surface area contributed by atoms with E-state index in [0.29, 0.717) is 12.0 Å². The molecule has 0 spiro atoms. The van der Waals surface area contributed by atoms with Crippen molar-refractivity contribution in [2.75, 3.05) is 32.8 Å². The Kier molecular flexibility index (Phi) is 5.05. The van der Waals surface area contributed by atoms with Gasteiger partial charge in [0.1, 0.15) is 12.4 Å². The van der Waals surface area contributed by atoms with Gasteiger partial charge >= 0.3 is 0 Å². The molecule has 0 bridgehead atoms. The van der Waals surface area contributed by atoms with Crippen molar-refractivity contribution in [3.8, 4) is 17.6 Å². The molecule has 1 aliphatic heterocycles. The minimum Gasteiger partial charge on any atom is -0.492 e. The Morgan fingerprint density at radius 3 is 2.95 bits per heavy atom. The molecule has 1 aromatic carbocycles. The first-order valence-corrected chi connectivity index (χ1v) is 7.23. The summed E-state index contributed by atoms with van der Waals surface area (Å²) in [6.07, 6.45) is 1.27. The highest BCUT2D eigenvalue weighted by Gasteiger charge is 2.28. The topological polar surface area (TPSA) is 38.5 Å². The van der Waals surface area contributed by atoms with Crippen LogP contribution in [0, 0.1) is 17.3 Å². The maximum absolute atomic E-state index is 5.82. The maximum atomic E-state index is 5.82. The molecule has 20 heavy (non-hydrogen) atoms. The summed E-state index contributed by atoms with van der Waals surface area (Å²) < 4.78 is 5.82. The van der Waals surface area contributed by atoms with Crippen LogP contribution in [0.5, 0.6) is 5.75 Å². The fourth-order valence-corrected chi connectivity index (χ4v) is 2.52. The van der Waals surface area contributed by atoms with Crippen LogP contribution in [0.15, 0.2) is 24.3 Å². The van der Waals surface area contributed by atoms with Gasteiger partial charge in [-0.2, -0.15) is 0 Å². The summed E-state index contributed by atoms with van der Waals surface area (Å²) in [5, 5.41) is 0. The molecule has 0 amide bonds. The van der Waals surface area contributed by atoms with Gasteiger partial charge < -0.3 is 10.5 Å². The Labute approximate surface area is 122 Å². The summed E-state index contributed by atoms with van der Waals surface area (Å²) >= 11 is 0. The van der Waals surface area contributed by atoms with Crippen LogP contribution < -0.4 is 10.5 Å². The first-order valence-electron chi connectivity index (χ1n) is 7.23. The first kappa shape index (κ1) is 14.9. The average Bonchev–Trinajstić information content (AvgIpc) is 2.76. The average molecular weight is 272 g/mol. The van der Waals surface area contributed by atoms with Crippen molar-refractivity contribution < 1.29 is 4.74 Å². The van der Waals surface area contributed by atoms with Crippen molar-refractivity contribution in [1.82, 2.24) is 4.90 Å². The zero-order chi connectivity index (χ0) is 14.4. The smallest absolute Gasteiger partial charge is 0.120 e. The summed E-state index contributed by atoms with van der Waals surface area (Å²) in [6.45, 7) is 9.10. The van der Waals surface area contributed by atoms with E-state index in [9.17, 15) is 0 Å². The normalized spacial score (nSPS) is 17.6. The van der Waals surface area contributed by atoms with Crippen molar-refractivity contribution >= 4 is 0 Å². The molecule has 1 aromatic rings. The van der Waals surface area contributed by atoms with Crippen LogP contribution in [0.2, 0.25) is 0 Å². The van der Waals surface area contributed by atoms with E-state index >= 15 is 0 Å². The minimum atomic E-state index is 0.385. The van der Waals surface area contributed by atoms with Gasteiger partial charge in [-0.15, -0.1) is 0 Å². The third-order valence-electron chi connectivity index (χ3n) is 3.60. The van der Waals surface area contributed by atoms with Crippen LogP contribution in [-0.2, 0) is 0 Å². The highest BCUT2D eigenvalue weighted by molar-refractivity contribution is 5.39. The largest absolute Gasteiger partial charge is 0.492 e. The predicted octanol–water partition coefficient (Wildman–Crippen LogP) is 2.11. The lowest BCUT2D eigenvalue weighted by atomic mass is 9.93. The molecule has 1 heterocycles. The van der Waals surface area contributed by atoms with E-state index in [1.54, 1.807) is 0 Å². The summed E-state index contributed by atoms with van der Waals surface area (Å²) in [5.74, 6) is 6.76. The molecule has 3 nitrogen and oxygen atoms in total. The lowest BCUT2D eigenvalue weighted by Crippen LogP contribution is -2.27. The van der Waals surface area contributed by atoms with Crippen molar-refractivity contribution in [1.29, 1.82) is 0 Å². The molecule has 3 heteroatoms. The summed E-state index contributed by atoms with van der Waals surface area (Å²) in [6, 6.07) is 7.88. The van der Waals surface area contributed by atoms with Crippen LogP contribution >= 0.6 is 0 Å². The van der Waals surface area contributed by atoms with E-state index < -0.39 is 0 Å². The van der Waals surface area contributed by atoms with E-state index in [0.717, 1.165) is 24.5 Å². The second kappa shape index (κ2) is 6.78. The van der Waals surface area contributed by atoms with Crippen molar-refractivity contribution in [2.45, 2.75) is 20.3 Å². The van der Waals surface area contributed by atoms with E-state index in [4.69, 9.17) is 10.5 Å². The Morgan fingerprint density at radius 2 is 2.25 bits per heavy atom. The number of nitrogens with zero attached hydrogens (tertiary/aromatic N) is 1. The minimum absolute atomic E-state index is 0.385. The predicted molar refractivity (Wildman–Crippen MR) is 82.7 cm³/mol. The lowest BCUT2D eigenvalue weighted by Gasteiger charge is -2.19. The molecule has 108 valence electrons. The molecule has 2 N–H and O–H groups in total. The number of nitrogens with two attached hydrogens (primary N) is 1. The van der Waals surface area contributed by atoms with Crippen molar-refractivity contribution in [3.63, 3.8) is 0 Å². The van der Waals surface area contributed by atoms with E-state index in [1.165, 1.54) is 19.5 Å². The Balaban J connectivity index is 1.80. The zero-order valence-corrected chi connectivity index (χ0v) is 12.5. The quantitative estimate of drug-likeness (QED) is 0.853. The Morgan fingerprint density at radius 1 is 1.40 bits per heavy atom. The second-order valence-corrected chi connectivity index (χ2v) is 6.07. The van der Waals surface area contributed by atoms with Gasteiger partial charge in [-0.1, -0.05) is 31.8 Å². The molecule has 1 fully saturated rings. The van der Waals surface area contributed by atoms with E-state index in [2.05, 4.69) is 30.6 Å².